The van der Waals surface area contributed by atoms with Crippen LogP contribution in [0.25, 0.3) is 11.5 Å². The van der Waals surface area contributed by atoms with E-state index in [-0.39, 0.29) is 54.1 Å². The van der Waals surface area contributed by atoms with E-state index in [1.54, 1.807) is 38.1 Å². The quantitative estimate of drug-likeness (QED) is 0.0867. The minimum absolute atomic E-state index is 0.167. The van der Waals surface area contributed by atoms with E-state index in [1.807, 2.05) is 78.3 Å². The Hall–Kier alpha value is -10.8. The molecule has 1 aliphatic carbocycles. The molecule has 1 fully saturated rings. The van der Waals surface area contributed by atoms with Crippen LogP contribution in [0.2, 0.25) is 0 Å². The molecule has 140 heavy (non-hydrogen) atoms. The Bertz CT molecular complexity index is 4940. The van der Waals surface area contributed by atoms with E-state index >= 15 is 0 Å². The maximum atomic E-state index is 5.62. The zero-order valence-electron chi connectivity index (χ0n) is 94.5. The van der Waals surface area contributed by atoms with Gasteiger partial charge in [-0.15, -0.1) is 66.3 Å². The Morgan fingerprint density at radius 2 is 0.793 bits per heavy atom. The van der Waals surface area contributed by atoms with E-state index < -0.39 is 0 Å². The highest BCUT2D eigenvalue weighted by atomic mass is 16.5. The van der Waals surface area contributed by atoms with Crippen molar-refractivity contribution in [1.82, 2.24) is 96.6 Å². The molecule has 1 saturated carbocycles. The second-order valence-electron chi connectivity index (χ2n) is 50.8. The zero-order chi connectivity index (χ0) is 106. The summed E-state index contributed by atoms with van der Waals surface area (Å²) in [5, 5.41) is 62.3. The summed E-state index contributed by atoms with van der Waals surface area (Å²) in [5.41, 5.74) is 6.13. The van der Waals surface area contributed by atoms with Crippen LogP contribution in [0.1, 0.15) is 402 Å². The standard InChI is InChI=1S/C13H16N2O.C10H16N2O.C10H18N2O.C9H17N3O.C9H16N2.4C8H14N2O.C8H14N2.C8H13NO.C7H12N2O/c1-13(2,3)9-11-14-15-12(16-11)10-7-5-4-6-8-10;1-10(2,3)6-8-11-12-9(13-8)7-4-5-7;1-7(2)9-12-11-8(13-9)6-10(3,4)5;1-9(2,3)6-7-10-11-8(13-7)12(4)5;1-7-8(11-6-10-7)5-9(2,3)4;2*1-6-9-10-7(11-6)5-8(2,3)4;1-6-9-7(10-11-6)5-8(2,3)4;1-6-9-7(11-10-6)5-8(2,3)4;2*1-8(2,3)6-7-9-4-5-10-7;1-7(2,3)4-6-9-8-5-10-6/h4-8H,9H2,1-3H3;7H,4-6H2,1-3H3;7H,6H2,1-5H3;6H2,1-5H3;5-6H2,1-4H3;4*5H2,1-4H3;4H,5-6H2,1-3H3;4-5H,6H2,1-3H3;5H,4H2,1-3H3. The summed E-state index contributed by atoms with van der Waals surface area (Å²) in [6.45, 7) is 92.6. The SMILES string of the molecule is CC(C)(C)CC1=NCC=N1.CC(C)(C)Cc1ncco1.CC(C)(C)Cc1nnc(-c2ccccc2)o1.CC(C)(C)Cc1nnc(C2CC2)o1.CC(C)(C)Cc1nnco1.CC(C)c1nnc(CC(C)(C)C)o1.CC1=NCN=C1CC(C)(C)C.CN(C)c1nnc(CC(C)(C)C)o1.Cc1nc(CC(C)(C)C)no1.Cc1nnc(CC(C)(C)C)o1.Cc1nnc(CC(C)(C)C)o1.Cc1noc(CC(C)(C)C)n1. The van der Waals surface area contributed by atoms with Crippen molar-refractivity contribution in [1.29, 1.82) is 0 Å². The number of oxazole rings is 1. The molecule has 10 aromatic heterocycles. The minimum Gasteiger partial charge on any atom is -0.449 e. The summed E-state index contributed by atoms with van der Waals surface area (Å²) in [5.74, 6) is 14.2. The Labute approximate surface area is 837 Å². The molecule has 0 bridgehead atoms. The van der Waals surface area contributed by atoms with Gasteiger partial charge in [0.25, 0.3) is 0 Å². The van der Waals surface area contributed by atoms with Gasteiger partial charge in [-0.3, -0.25) is 15.0 Å². The summed E-state index contributed by atoms with van der Waals surface area (Å²) in [6, 6.07) is 10.4. The first-order valence-corrected chi connectivity index (χ1v) is 48.9. The molecule has 34 nitrogen and oxygen atoms in total. The smallest absolute Gasteiger partial charge is 0.317 e. The lowest BCUT2D eigenvalue weighted by molar-refractivity contribution is 0.312. The molecule has 12 heterocycles. The van der Waals surface area contributed by atoms with E-state index in [4.69, 9.17) is 44.4 Å². The van der Waals surface area contributed by atoms with Crippen molar-refractivity contribution in [2.45, 2.75) is 399 Å². The third kappa shape index (κ3) is 63.1. The third-order valence-electron chi connectivity index (χ3n) is 17.7. The lowest BCUT2D eigenvalue weighted by atomic mass is 9.88. The maximum Gasteiger partial charge on any atom is 0.317 e. The second-order valence-corrected chi connectivity index (χ2v) is 50.8. The van der Waals surface area contributed by atoms with Gasteiger partial charge in [-0.2, -0.15) is 9.97 Å². The molecule has 34 heteroatoms. The van der Waals surface area contributed by atoms with Gasteiger partial charge in [0.1, 0.15) is 18.8 Å². The molecule has 11 aromatic rings. The number of amidine groups is 1. The lowest BCUT2D eigenvalue weighted by Gasteiger charge is -2.17. The number of aromatic nitrogens is 19. The molecule has 0 N–H and O–H groups in total. The minimum atomic E-state index is 0.167. The molecule has 2 aliphatic heterocycles. The molecule has 0 spiro atoms. The molecule has 3 aliphatic rings. The topological polar surface area (TPSA) is 429 Å². The molecule has 14 rings (SSSR count). The number of aliphatic imine (C=N–C) groups is 4. The summed E-state index contributed by atoms with van der Waals surface area (Å²) in [4.78, 5) is 31.0. The average Bonchev–Trinajstić information content (AvgIpc) is 1.69. The number of benzene rings is 1. The fourth-order valence-electron chi connectivity index (χ4n) is 11.8. The summed E-state index contributed by atoms with van der Waals surface area (Å²) in [7, 11) is 3.77. The normalized spacial score (nSPS) is 13.4. The van der Waals surface area contributed by atoms with Gasteiger partial charge in [0.15, 0.2) is 17.5 Å². The highest BCUT2D eigenvalue weighted by Crippen LogP contribution is 2.40. The molecular formula is C106H178N24O10. The van der Waals surface area contributed by atoms with E-state index in [0.717, 1.165) is 154 Å². The molecule has 0 saturated heterocycles. The number of hydrogen-bond acceptors (Lipinski definition) is 34. The number of hydrogen-bond donors (Lipinski definition) is 0. The van der Waals surface area contributed by atoms with Gasteiger partial charge in [-0.25, -0.2) is 9.98 Å². The van der Waals surface area contributed by atoms with Gasteiger partial charge < -0.3 is 49.3 Å². The number of nitrogens with zero attached hydrogens (tertiary/aromatic N) is 24. The van der Waals surface area contributed by atoms with Crippen LogP contribution in [0, 0.1) is 92.7 Å². The van der Waals surface area contributed by atoms with Gasteiger partial charge in [-0.1, -0.05) is 297 Å². The van der Waals surface area contributed by atoms with Crippen LogP contribution in [0.15, 0.2) is 114 Å². The van der Waals surface area contributed by atoms with Gasteiger partial charge >= 0.3 is 6.01 Å². The zero-order valence-corrected chi connectivity index (χ0v) is 94.5. The third-order valence-corrected chi connectivity index (χ3v) is 17.7. The van der Waals surface area contributed by atoms with E-state index in [2.05, 4.69) is 366 Å². The van der Waals surface area contributed by atoms with Crippen molar-refractivity contribution in [3.8, 4) is 11.5 Å². The molecule has 782 valence electrons. The Morgan fingerprint density at radius 1 is 0.364 bits per heavy atom. The molecular weight excluding hydrogens is 1770 g/mol. The van der Waals surface area contributed by atoms with Crippen molar-refractivity contribution >= 4 is 29.5 Å². The fraction of sp³-hybridized carbons (Fsp3) is 0.708. The average molecular weight is 1950 g/mol. The lowest BCUT2D eigenvalue weighted by Crippen LogP contribution is -2.16. The Balaban J connectivity index is 0.000000394. The highest BCUT2D eigenvalue weighted by molar-refractivity contribution is 6.42. The van der Waals surface area contributed by atoms with Crippen molar-refractivity contribution in [3.05, 3.63) is 143 Å². The van der Waals surface area contributed by atoms with E-state index in [1.165, 1.54) is 24.9 Å². The van der Waals surface area contributed by atoms with Gasteiger partial charge in [0, 0.05) is 129 Å². The number of rotatable bonds is 16. The first kappa shape index (κ1) is 123. The van der Waals surface area contributed by atoms with Crippen molar-refractivity contribution < 1.29 is 44.4 Å². The van der Waals surface area contributed by atoms with E-state index in [9.17, 15) is 0 Å². The van der Waals surface area contributed by atoms with Crippen molar-refractivity contribution in [2.75, 3.05) is 32.2 Å². The number of anilines is 1. The molecule has 0 amide bonds. The summed E-state index contributed by atoms with van der Waals surface area (Å²) < 4.78 is 52.5. The number of aryl methyl sites for hydroxylation is 4. The van der Waals surface area contributed by atoms with Crippen LogP contribution in [0.4, 0.5) is 6.01 Å². The highest BCUT2D eigenvalue weighted by Gasteiger charge is 2.31. The Morgan fingerprint density at radius 3 is 1.16 bits per heavy atom. The predicted octanol–water partition coefficient (Wildman–Crippen LogP) is 26.4. The first-order valence-electron chi connectivity index (χ1n) is 48.9. The molecule has 0 unspecified atom stereocenters. The molecule has 0 radical (unpaired) electrons. The van der Waals surface area contributed by atoms with E-state index in [0.29, 0.717) is 82.4 Å². The van der Waals surface area contributed by atoms with Gasteiger partial charge in [0.05, 0.1) is 24.2 Å². The summed E-state index contributed by atoms with van der Waals surface area (Å²) >= 11 is 0. The van der Waals surface area contributed by atoms with Crippen LogP contribution in [0.5, 0.6) is 0 Å². The monoisotopic (exact) mass is 1950 g/mol. The van der Waals surface area contributed by atoms with Gasteiger partial charge in [0.2, 0.25) is 88.9 Å². The second kappa shape index (κ2) is 55.0. The van der Waals surface area contributed by atoms with Crippen LogP contribution in [0.3, 0.4) is 0 Å². The fourth-order valence-corrected chi connectivity index (χ4v) is 11.8. The predicted molar refractivity (Wildman–Crippen MR) is 556 cm³/mol. The maximum absolute atomic E-state index is 5.62. The van der Waals surface area contributed by atoms with Crippen molar-refractivity contribution in [3.63, 3.8) is 0 Å². The van der Waals surface area contributed by atoms with Crippen molar-refractivity contribution in [2.24, 2.45) is 84.9 Å². The van der Waals surface area contributed by atoms with Gasteiger partial charge in [-0.05, 0) is 110 Å². The summed E-state index contributed by atoms with van der Waals surface area (Å²) in [6.07, 6.45) is 19.4. The first-order chi connectivity index (χ1) is 64.0. The molecule has 1 aromatic carbocycles. The van der Waals surface area contributed by atoms with Crippen LogP contribution in [-0.4, -0.2) is 147 Å². The Kier molecular flexibility index (Phi) is 48.4. The largest absolute Gasteiger partial charge is 0.449 e. The molecule has 0 atom stereocenters. The van der Waals surface area contributed by atoms with Crippen LogP contribution in [-0.2, 0) is 64.2 Å². The van der Waals surface area contributed by atoms with Crippen LogP contribution >= 0.6 is 0 Å². The van der Waals surface area contributed by atoms with Crippen LogP contribution < -0.4 is 4.90 Å².